The molecule has 0 amide bonds. The largest absolute Gasteiger partial charge is 0.493 e. The molecule has 1 fully saturated rings. The molecular formula is C18H30N2O3. The number of anilines is 1. The van der Waals surface area contributed by atoms with Crippen LogP contribution in [0.5, 0.6) is 17.2 Å². The van der Waals surface area contributed by atoms with E-state index in [9.17, 15) is 0 Å². The van der Waals surface area contributed by atoms with Crippen molar-refractivity contribution in [2.24, 2.45) is 11.7 Å². The van der Waals surface area contributed by atoms with Crippen LogP contribution >= 0.6 is 0 Å². The molecule has 1 aliphatic rings. The molecule has 0 spiro atoms. The average molecular weight is 322 g/mol. The number of piperidine rings is 1. The maximum Gasteiger partial charge on any atom is 0.203 e. The molecule has 2 rings (SSSR count). The smallest absolute Gasteiger partial charge is 0.203 e. The molecule has 1 aromatic carbocycles. The zero-order chi connectivity index (χ0) is 16.8. The van der Waals surface area contributed by atoms with E-state index in [1.165, 1.54) is 19.3 Å². The highest BCUT2D eigenvalue weighted by Crippen LogP contribution is 2.41. The SMILES string of the molecule is CCCC[C@H]1CN(c2cc(OC)c(OC)c(OC)c2)CC[C@@H]1N. The van der Waals surface area contributed by atoms with Crippen molar-refractivity contribution >= 4 is 5.69 Å². The Morgan fingerprint density at radius 2 is 1.78 bits per heavy atom. The molecular weight excluding hydrogens is 292 g/mol. The van der Waals surface area contributed by atoms with Crippen LogP contribution < -0.4 is 24.8 Å². The number of ether oxygens (including phenoxy) is 3. The predicted octanol–water partition coefficient (Wildman–Crippen LogP) is 3.06. The van der Waals surface area contributed by atoms with E-state index in [2.05, 4.69) is 11.8 Å². The molecule has 2 atom stereocenters. The van der Waals surface area contributed by atoms with Gasteiger partial charge in [0.1, 0.15) is 0 Å². The number of benzene rings is 1. The Morgan fingerprint density at radius 1 is 1.13 bits per heavy atom. The van der Waals surface area contributed by atoms with Crippen molar-refractivity contribution in [3.05, 3.63) is 12.1 Å². The fourth-order valence-electron chi connectivity index (χ4n) is 3.31. The molecule has 2 N–H and O–H groups in total. The summed E-state index contributed by atoms with van der Waals surface area (Å²) in [7, 11) is 4.93. The van der Waals surface area contributed by atoms with Gasteiger partial charge in [0.25, 0.3) is 0 Å². The van der Waals surface area contributed by atoms with E-state index in [4.69, 9.17) is 19.9 Å². The third-order valence-corrected chi connectivity index (χ3v) is 4.74. The van der Waals surface area contributed by atoms with Crippen molar-refractivity contribution in [1.82, 2.24) is 0 Å². The summed E-state index contributed by atoms with van der Waals surface area (Å²) >= 11 is 0. The van der Waals surface area contributed by atoms with E-state index in [-0.39, 0.29) is 0 Å². The van der Waals surface area contributed by atoms with Gasteiger partial charge in [-0.25, -0.2) is 0 Å². The van der Waals surface area contributed by atoms with Crippen molar-refractivity contribution in [2.45, 2.75) is 38.6 Å². The minimum Gasteiger partial charge on any atom is -0.493 e. The number of hydrogen-bond donors (Lipinski definition) is 1. The number of nitrogens with two attached hydrogens (primary N) is 1. The Balaban J connectivity index is 2.23. The molecule has 0 aliphatic carbocycles. The summed E-state index contributed by atoms with van der Waals surface area (Å²) in [6, 6.07) is 4.35. The number of unbranched alkanes of at least 4 members (excludes halogenated alkanes) is 1. The second kappa shape index (κ2) is 8.29. The maximum absolute atomic E-state index is 6.32. The highest BCUT2D eigenvalue weighted by atomic mass is 16.5. The first-order valence-electron chi connectivity index (χ1n) is 8.45. The van der Waals surface area contributed by atoms with Crippen LogP contribution in [-0.2, 0) is 0 Å². The van der Waals surface area contributed by atoms with Crippen molar-refractivity contribution in [2.75, 3.05) is 39.3 Å². The second-order valence-corrected chi connectivity index (χ2v) is 6.18. The summed E-state index contributed by atoms with van der Waals surface area (Å²) in [5, 5.41) is 0. The minimum absolute atomic E-state index is 0.305. The van der Waals surface area contributed by atoms with Crippen molar-refractivity contribution < 1.29 is 14.2 Å². The molecule has 1 heterocycles. The van der Waals surface area contributed by atoms with Crippen LogP contribution in [-0.4, -0.2) is 40.5 Å². The summed E-state index contributed by atoms with van der Waals surface area (Å²) in [4.78, 5) is 2.38. The quantitative estimate of drug-likeness (QED) is 0.836. The minimum atomic E-state index is 0.305. The van der Waals surface area contributed by atoms with Gasteiger partial charge in [-0.05, 0) is 18.8 Å². The average Bonchev–Trinajstić information content (AvgIpc) is 2.59. The normalized spacial score (nSPS) is 21.2. The molecule has 5 nitrogen and oxygen atoms in total. The number of methoxy groups -OCH3 is 3. The molecule has 5 heteroatoms. The van der Waals surface area contributed by atoms with Gasteiger partial charge in [-0.2, -0.15) is 0 Å². The zero-order valence-corrected chi connectivity index (χ0v) is 14.8. The van der Waals surface area contributed by atoms with Gasteiger partial charge in [0, 0.05) is 37.0 Å². The van der Waals surface area contributed by atoms with Crippen molar-refractivity contribution in [1.29, 1.82) is 0 Å². The Bertz CT molecular complexity index is 482. The monoisotopic (exact) mass is 322 g/mol. The van der Waals surface area contributed by atoms with E-state index in [0.29, 0.717) is 29.2 Å². The highest BCUT2D eigenvalue weighted by molar-refractivity contribution is 5.63. The lowest BCUT2D eigenvalue weighted by Crippen LogP contribution is -2.47. The fraction of sp³-hybridized carbons (Fsp3) is 0.667. The van der Waals surface area contributed by atoms with E-state index in [1.54, 1.807) is 21.3 Å². The lowest BCUT2D eigenvalue weighted by Gasteiger charge is -2.38. The standard InChI is InChI=1S/C18H30N2O3/c1-5-6-7-13-12-20(9-8-15(13)19)14-10-16(21-2)18(23-4)17(11-14)22-3/h10-11,13,15H,5-9,12,19H2,1-4H3/t13-,15-/m0/s1. The van der Waals surface area contributed by atoms with Crippen LogP contribution in [0.4, 0.5) is 5.69 Å². The lowest BCUT2D eigenvalue weighted by atomic mass is 9.88. The molecule has 1 aromatic rings. The summed E-state index contributed by atoms with van der Waals surface area (Å²) in [5.41, 5.74) is 7.43. The van der Waals surface area contributed by atoms with Gasteiger partial charge in [-0.15, -0.1) is 0 Å². The van der Waals surface area contributed by atoms with Crippen LogP contribution in [0.1, 0.15) is 32.6 Å². The Labute approximate surface area is 139 Å². The number of hydrogen-bond acceptors (Lipinski definition) is 5. The second-order valence-electron chi connectivity index (χ2n) is 6.18. The van der Waals surface area contributed by atoms with Crippen LogP contribution in [0.25, 0.3) is 0 Å². The van der Waals surface area contributed by atoms with Gasteiger partial charge in [0.05, 0.1) is 21.3 Å². The topological polar surface area (TPSA) is 57.0 Å². The van der Waals surface area contributed by atoms with Gasteiger partial charge in [-0.3, -0.25) is 0 Å². The third kappa shape index (κ3) is 4.02. The first kappa shape index (κ1) is 17.7. The van der Waals surface area contributed by atoms with Crippen LogP contribution in [0.15, 0.2) is 12.1 Å². The first-order valence-corrected chi connectivity index (χ1v) is 8.45. The van der Waals surface area contributed by atoms with Gasteiger partial charge in [-0.1, -0.05) is 19.8 Å². The van der Waals surface area contributed by atoms with Crippen LogP contribution in [0, 0.1) is 5.92 Å². The van der Waals surface area contributed by atoms with Crippen LogP contribution in [0.2, 0.25) is 0 Å². The summed E-state index contributed by atoms with van der Waals surface area (Å²) in [6.45, 7) is 4.17. The molecule has 0 radical (unpaired) electrons. The van der Waals surface area contributed by atoms with Gasteiger partial charge >= 0.3 is 0 Å². The Hall–Kier alpha value is -1.62. The molecule has 130 valence electrons. The fourth-order valence-corrected chi connectivity index (χ4v) is 3.31. The summed E-state index contributed by atoms with van der Waals surface area (Å²) in [5.74, 6) is 2.57. The molecule has 0 saturated carbocycles. The van der Waals surface area contributed by atoms with Crippen molar-refractivity contribution in [3.63, 3.8) is 0 Å². The van der Waals surface area contributed by atoms with Gasteiger partial charge < -0.3 is 24.8 Å². The van der Waals surface area contributed by atoms with E-state index in [1.807, 2.05) is 12.1 Å². The molecule has 0 bridgehead atoms. The number of rotatable bonds is 7. The molecule has 0 aromatic heterocycles. The Morgan fingerprint density at radius 3 is 2.30 bits per heavy atom. The van der Waals surface area contributed by atoms with Crippen LogP contribution in [0.3, 0.4) is 0 Å². The van der Waals surface area contributed by atoms with E-state index < -0.39 is 0 Å². The molecule has 1 saturated heterocycles. The lowest BCUT2D eigenvalue weighted by molar-refractivity contribution is 0.320. The summed E-state index contributed by atoms with van der Waals surface area (Å²) < 4.78 is 16.3. The Kier molecular flexibility index (Phi) is 6.39. The maximum atomic E-state index is 6.32. The van der Waals surface area contributed by atoms with Gasteiger partial charge in [0.2, 0.25) is 5.75 Å². The predicted molar refractivity (Wildman–Crippen MR) is 93.9 cm³/mol. The first-order chi connectivity index (χ1) is 11.1. The zero-order valence-electron chi connectivity index (χ0n) is 14.8. The molecule has 1 aliphatic heterocycles. The van der Waals surface area contributed by atoms with Gasteiger partial charge in [0.15, 0.2) is 11.5 Å². The van der Waals surface area contributed by atoms with E-state index >= 15 is 0 Å². The molecule has 0 unspecified atom stereocenters. The number of nitrogens with zero attached hydrogens (tertiary/aromatic N) is 1. The molecule has 23 heavy (non-hydrogen) atoms. The van der Waals surface area contributed by atoms with Crippen molar-refractivity contribution in [3.8, 4) is 17.2 Å². The highest BCUT2D eigenvalue weighted by Gasteiger charge is 2.27. The van der Waals surface area contributed by atoms with E-state index in [0.717, 1.165) is 25.2 Å². The third-order valence-electron chi connectivity index (χ3n) is 4.74. The summed E-state index contributed by atoms with van der Waals surface area (Å²) in [6.07, 6.45) is 4.67.